The van der Waals surface area contributed by atoms with Gasteiger partial charge in [0.2, 0.25) is 0 Å². The van der Waals surface area contributed by atoms with E-state index in [0.717, 1.165) is 18.2 Å². The van der Waals surface area contributed by atoms with E-state index in [0.29, 0.717) is 17.3 Å². The van der Waals surface area contributed by atoms with Crippen LogP contribution in [0.4, 0.5) is 10.7 Å². The van der Waals surface area contributed by atoms with Gasteiger partial charge in [-0.05, 0) is 44.4 Å². The van der Waals surface area contributed by atoms with Gasteiger partial charge in [-0.2, -0.15) is 0 Å². The molecule has 3 N–H and O–H groups in total. The smallest absolute Gasteiger partial charge is 0.263 e. The highest BCUT2D eigenvalue weighted by molar-refractivity contribution is 7.18. The van der Waals surface area contributed by atoms with Crippen molar-refractivity contribution in [2.75, 3.05) is 30.8 Å². The predicted molar refractivity (Wildman–Crippen MR) is 89.3 cm³/mol. The van der Waals surface area contributed by atoms with Crippen molar-refractivity contribution in [3.63, 3.8) is 0 Å². The quantitative estimate of drug-likeness (QED) is 0.848. The van der Waals surface area contributed by atoms with Crippen LogP contribution in [0.1, 0.15) is 60.2 Å². The van der Waals surface area contributed by atoms with Crippen LogP contribution in [-0.2, 0) is 0 Å². The molecule has 0 saturated heterocycles. The lowest BCUT2D eigenvalue weighted by atomic mass is 9.85. The fourth-order valence-electron chi connectivity index (χ4n) is 3.05. The molecule has 2 saturated carbocycles. The Morgan fingerprint density at radius 2 is 2.10 bits per heavy atom. The molecule has 21 heavy (non-hydrogen) atoms. The van der Waals surface area contributed by atoms with Gasteiger partial charge in [0, 0.05) is 25.7 Å². The average molecular weight is 307 g/mol. The van der Waals surface area contributed by atoms with Crippen LogP contribution in [0.25, 0.3) is 0 Å². The van der Waals surface area contributed by atoms with Crippen LogP contribution in [0.3, 0.4) is 0 Å². The Morgan fingerprint density at radius 1 is 1.38 bits per heavy atom. The van der Waals surface area contributed by atoms with Gasteiger partial charge in [-0.25, -0.2) is 0 Å². The van der Waals surface area contributed by atoms with Crippen molar-refractivity contribution in [2.24, 2.45) is 5.92 Å². The molecule has 4 nitrogen and oxygen atoms in total. The first-order chi connectivity index (χ1) is 10.1. The maximum Gasteiger partial charge on any atom is 0.263 e. The number of hydrogen-bond donors (Lipinski definition) is 2. The number of carbonyl (C=O) groups excluding carboxylic acids is 1. The minimum absolute atomic E-state index is 0.0230. The van der Waals surface area contributed by atoms with Gasteiger partial charge in [0.15, 0.2) is 0 Å². The lowest BCUT2D eigenvalue weighted by molar-refractivity contribution is 0.0960. The second-order valence-electron chi connectivity index (χ2n) is 6.37. The standard InChI is InChI=1S/C16H25N3OS/c1-3-18-15(20)14-13(17)12(11-7-8-11)16(21-14)19(2)9-10-5-4-6-10/h10-11H,3-9,17H2,1-2H3,(H,18,20). The van der Waals surface area contributed by atoms with Gasteiger partial charge in [0.25, 0.3) is 5.91 Å². The summed E-state index contributed by atoms with van der Waals surface area (Å²) in [5.41, 5.74) is 8.28. The van der Waals surface area contributed by atoms with Crippen molar-refractivity contribution < 1.29 is 4.79 Å². The number of carbonyl (C=O) groups is 1. The Bertz CT molecular complexity index is 532. The number of anilines is 2. The first-order valence-corrected chi connectivity index (χ1v) is 8.85. The van der Waals surface area contributed by atoms with Gasteiger partial charge in [-0.3, -0.25) is 4.79 Å². The van der Waals surface area contributed by atoms with E-state index in [1.54, 1.807) is 11.3 Å². The van der Waals surface area contributed by atoms with Crippen LogP contribution in [0.15, 0.2) is 0 Å². The number of nitrogens with zero attached hydrogens (tertiary/aromatic N) is 1. The van der Waals surface area contributed by atoms with Gasteiger partial charge < -0.3 is 16.0 Å². The monoisotopic (exact) mass is 307 g/mol. The minimum atomic E-state index is -0.0230. The molecule has 0 radical (unpaired) electrons. The SMILES string of the molecule is CCNC(=O)c1sc(N(C)CC2CCC2)c(C2CC2)c1N. The van der Waals surface area contributed by atoms with Crippen molar-refractivity contribution >= 4 is 27.9 Å². The number of hydrogen-bond acceptors (Lipinski definition) is 4. The number of rotatable bonds is 6. The molecule has 5 heteroatoms. The zero-order chi connectivity index (χ0) is 15.0. The summed E-state index contributed by atoms with van der Waals surface area (Å²) in [5.74, 6) is 1.37. The Balaban J connectivity index is 1.86. The summed E-state index contributed by atoms with van der Waals surface area (Å²) >= 11 is 1.58. The largest absolute Gasteiger partial charge is 0.397 e. The fourth-order valence-corrected chi connectivity index (χ4v) is 4.24. The van der Waals surface area contributed by atoms with Gasteiger partial charge in [-0.1, -0.05) is 6.42 Å². The van der Waals surface area contributed by atoms with E-state index in [1.807, 2.05) is 6.92 Å². The Hall–Kier alpha value is -1.23. The van der Waals surface area contributed by atoms with Gasteiger partial charge >= 0.3 is 0 Å². The molecule has 116 valence electrons. The van der Waals surface area contributed by atoms with Crippen molar-refractivity contribution in [1.29, 1.82) is 0 Å². The average Bonchev–Trinajstić information content (AvgIpc) is 3.17. The lowest BCUT2D eigenvalue weighted by Crippen LogP contribution is -2.29. The summed E-state index contributed by atoms with van der Waals surface area (Å²) in [6.45, 7) is 3.67. The van der Waals surface area contributed by atoms with Crippen molar-refractivity contribution in [2.45, 2.75) is 44.9 Å². The van der Waals surface area contributed by atoms with E-state index in [4.69, 9.17) is 5.73 Å². The van der Waals surface area contributed by atoms with Crippen LogP contribution in [0.5, 0.6) is 0 Å². The summed E-state index contributed by atoms with van der Waals surface area (Å²) in [5, 5.41) is 4.10. The van der Waals surface area contributed by atoms with Crippen molar-refractivity contribution in [3.05, 3.63) is 10.4 Å². The third-order valence-corrected chi connectivity index (χ3v) is 5.93. The molecule has 1 aromatic rings. The van der Waals surface area contributed by atoms with Crippen LogP contribution >= 0.6 is 11.3 Å². The van der Waals surface area contributed by atoms with Gasteiger partial charge in [0.05, 0.1) is 10.7 Å². The third-order valence-electron chi connectivity index (χ3n) is 4.60. The summed E-state index contributed by atoms with van der Waals surface area (Å²) in [6.07, 6.45) is 6.46. The highest BCUT2D eigenvalue weighted by Crippen LogP contribution is 2.52. The molecule has 0 atom stereocenters. The second-order valence-corrected chi connectivity index (χ2v) is 7.37. The molecule has 3 rings (SSSR count). The summed E-state index contributed by atoms with van der Waals surface area (Å²) in [6, 6.07) is 0. The molecular weight excluding hydrogens is 282 g/mol. The molecule has 0 unspecified atom stereocenters. The molecule has 0 aromatic carbocycles. The molecule has 2 aliphatic rings. The summed E-state index contributed by atoms with van der Waals surface area (Å²) < 4.78 is 0. The number of nitrogen functional groups attached to an aromatic ring is 1. The van der Waals surface area contributed by atoms with Crippen LogP contribution in [0.2, 0.25) is 0 Å². The Labute approximate surface area is 130 Å². The van der Waals surface area contributed by atoms with E-state index in [-0.39, 0.29) is 5.91 Å². The zero-order valence-corrected chi connectivity index (χ0v) is 13.8. The third kappa shape index (κ3) is 2.89. The predicted octanol–water partition coefficient (Wildman–Crippen LogP) is 3.19. The van der Waals surface area contributed by atoms with Gasteiger partial charge in [-0.15, -0.1) is 11.3 Å². The topological polar surface area (TPSA) is 58.4 Å². The van der Waals surface area contributed by atoms with E-state index < -0.39 is 0 Å². The lowest BCUT2D eigenvalue weighted by Gasteiger charge is -2.31. The highest BCUT2D eigenvalue weighted by Gasteiger charge is 2.34. The van der Waals surface area contributed by atoms with Gasteiger partial charge in [0.1, 0.15) is 4.88 Å². The molecule has 0 spiro atoms. The van der Waals surface area contributed by atoms with E-state index in [9.17, 15) is 4.79 Å². The molecule has 2 aliphatic carbocycles. The minimum Gasteiger partial charge on any atom is -0.397 e. The van der Waals surface area contributed by atoms with Crippen molar-refractivity contribution in [1.82, 2.24) is 5.32 Å². The van der Waals surface area contributed by atoms with Crippen LogP contribution in [0, 0.1) is 5.92 Å². The maximum atomic E-state index is 12.2. The number of nitrogens with one attached hydrogen (secondary N) is 1. The summed E-state index contributed by atoms with van der Waals surface area (Å²) in [7, 11) is 2.15. The normalized spacial score (nSPS) is 18.4. The molecule has 1 amide bonds. The van der Waals surface area contributed by atoms with E-state index in [2.05, 4.69) is 17.3 Å². The maximum absolute atomic E-state index is 12.2. The van der Waals surface area contributed by atoms with E-state index in [1.165, 1.54) is 42.7 Å². The number of nitrogens with two attached hydrogens (primary N) is 1. The van der Waals surface area contributed by atoms with Crippen molar-refractivity contribution in [3.8, 4) is 0 Å². The summed E-state index contributed by atoms with van der Waals surface area (Å²) in [4.78, 5) is 15.2. The second kappa shape index (κ2) is 5.87. The first kappa shape index (κ1) is 14.7. The first-order valence-electron chi connectivity index (χ1n) is 8.03. The molecule has 2 fully saturated rings. The Kier molecular flexibility index (Phi) is 4.11. The zero-order valence-electron chi connectivity index (χ0n) is 12.9. The molecule has 1 heterocycles. The van der Waals surface area contributed by atoms with E-state index >= 15 is 0 Å². The molecule has 0 bridgehead atoms. The number of thiophene rings is 1. The molecule has 1 aromatic heterocycles. The number of amides is 1. The van der Waals surface area contributed by atoms with Crippen LogP contribution in [-0.4, -0.2) is 26.0 Å². The fraction of sp³-hybridized carbons (Fsp3) is 0.688. The molecular formula is C16H25N3OS. The highest BCUT2D eigenvalue weighted by atomic mass is 32.1. The molecule has 0 aliphatic heterocycles. The Morgan fingerprint density at radius 3 is 2.62 bits per heavy atom. The van der Waals surface area contributed by atoms with Crippen LogP contribution < -0.4 is 16.0 Å².